The Bertz CT molecular complexity index is 2160. The van der Waals surface area contributed by atoms with E-state index in [1.165, 1.54) is 18.2 Å². The van der Waals surface area contributed by atoms with Gasteiger partial charge in [-0.05, 0) is 72.3 Å². The van der Waals surface area contributed by atoms with Crippen molar-refractivity contribution in [2.24, 2.45) is 4.99 Å². The smallest absolute Gasteiger partial charge is 0.407 e. The highest BCUT2D eigenvalue weighted by Crippen LogP contribution is 2.07. The molecule has 404 valence electrons. The van der Waals surface area contributed by atoms with Gasteiger partial charge in [0.2, 0.25) is 23.7 Å². The highest BCUT2D eigenvalue weighted by atomic mass is 16.6. The molecule has 11 N–H and O–H groups in total. The Morgan fingerprint density at radius 3 is 1.47 bits per heavy atom. The fourth-order valence-corrected chi connectivity index (χ4v) is 7.11. The summed E-state index contributed by atoms with van der Waals surface area (Å²) < 4.78 is 10.8. The summed E-state index contributed by atoms with van der Waals surface area (Å²) in [7, 11) is 0. The van der Waals surface area contributed by atoms with Gasteiger partial charge in [0.15, 0.2) is 0 Å². The molecule has 2 aromatic heterocycles. The topological polar surface area (TPSA) is 353 Å². The molecule has 10 amide bonds. The maximum absolute atomic E-state index is 12.6. The summed E-state index contributed by atoms with van der Waals surface area (Å²) in [6.45, 7) is 9.05. The van der Waals surface area contributed by atoms with Gasteiger partial charge >= 0.3 is 30.3 Å². The minimum Gasteiger partial charge on any atom is -0.448 e. The maximum Gasteiger partial charge on any atom is 0.407 e. The van der Waals surface area contributed by atoms with Crippen LogP contribution in [-0.4, -0.2) is 145 Å². The molecule has 1 aliphatic rings. The van der Waals surface area contributed by atoms with E-state index in [0.29, 0.717) is 115 Å². The Hall–Kier alpha value is -7.38. The number of nitrogens with one attached hydrogen (secondary N) is 11. The first-order chi connectivity index (χ1) is 35.1. The van der Waals surface area contributed by atoms with Crippen molar-refractivity contribution in [3.05, 3.63) is 55.9 Å². The molecule has 0 bridgehead atoms. The lowest BCUT2D eigenvalue weighted by Gasteiger charge is -2.22. The molecular formula is C47H75N15O11. The van der Waals surface area contributed by atoms with Crippen molar-refractivity contribution in [3.8, 4) is 0 Å². The van der Waals surface area contributed by atoms with E-state index in [2.05, 4.69) is 72.8 Å². The van der Waals surface area contributed by atoms with Crippen LogP contribution in [0.2, 0.25) is 0 Å². The number of nitrogens with zero attached hydrogens (tertiary/aromatic N) is 4. The third kappa shape index (κ3) is 30.2. The quantitative estimate of drug-likeness (QED) is 0.0457. The van der Waals surface area contributed by atoms with E-state index in [-0.39, 0.29) is 54.5 Å². The molecule has 0 unspecified atom stereocenters. The van der Waals surface area contributed by atoms with Crippen molar-refractivity contribution in [1.82, 2.24) is 62.1 Å². The molecule has 0 atom stereocenters. The number of aryl methyl sites for hydroxylation is 2. The Morgan fingerprint density at radius 1 is 0.575 bits per heavy atom. The molecule has 0 saturated carbocycles. The summed E-state index contributed by atoms with van der Waals surface area (Å²) in [5, 5.41) is 24.1. The predicted molar refractivity (Wildman–Crippen MR) is 273 cm³/mol. The molecule has 0 saturated heterocycles. The van der Waals surface area contributed by atoms with Gasteiger partial charge in [-0.3, -0.25) is 44.7 Å². The van der Waals surface area contributed by atoms with Gasteiger partial charge in [0.05, 0.1) is 0 Å². The largest absolute Gasteiger partial charge is 0.448 e. The monoisotopic (exact) mass is 1030 g/mol. The molecule has 0 fully saturated rings. The van der Waals surface area contributed by atoms with Crippen LogP contribution in [0.25, 0.3) is 0 Å². The number of urea groups is 3. The summed E-state index contributed by atoms with van der Waals surface area (Å²) in [6, 6.07) is 1.20. The number of carbonyl (C=O) groups is 7. The number of amides is 10. The third-order valence-corrected chi connectivity index (χ3v) is 10.7. The zero-order chi connectivity index (χ0) is 53.1. The number of hydrogen-bond acceptors (Lipinski definition) is 14. The summed E-state index contributed by atoms with van der Waals surface area (Å²) in [5.41, 5.74) is 1.08. The summed E-state index contributed by atoms with van der Waals surface area (Å²) in [4.78, 5) is 127. The maximum atomic E-state index is 12.6. The van der Waals surface area contributed by atoms with Gasteiger partial charge in [0.1, 0.15) is 19.0 Å². The van der Waals surface area contributed by atoms with Crippen LogP contribution in [0.3, 0.4) is 0 Å². The number of carbonyl (C=O) groups excluding carboxylic acids is 7. The number of aliphatic imine (C=N–C) groups is 1. The lowest BCUT2D eigenvalue weighted by molar-refractivity contribution is -0.121. The van der Waals surface area contributed by atoms with Crippen molar-refractivity contribution < 1.29 is 43.0 Å². The second kappa shape index (κ2) is 35.7. The number of rotatable bonds is 33. The van der Waals surface area contributed by atoms with Gasteiger partial charge in [0.25, 0.3) is 11.1 Å². The first-order valence-electron chi connectivity index (χ1n) is 25.0. The number of amidine groups is 1. The summed E-state index contributed by atoms with van der Waals surface area (Å²) >= 11 is 0. The van der Waals surface area contributed by atoms with Crippen LogP contribution in [0, 0.1) is 13.8 Å². The zero-order valence-corrected chi connectivity index (χ0v) is 42.4. The fourth-order valence-electron chi connectivity index (χ4n) is 7.11. The van der Waals surface area contributed by atoms with E-state index >= 15 is 0 Å². The van der Waals surface area contributed by atoms with Gasteiger partial charge in [-0.2, -0.15) is 4.99 Å². The Morgan fingerprint density at radius 2 is 1.01 bits per heavy atom. The number of aromatic nitrogens is 4. The third-order valence-electron chi connectivity index (χ3n) is 10.7. The SMILES string of the molecule is CC1=CC(=O)NC(=NC(=O)NCCCCCCNC(=O)CCCN(CCOC(=O)NCCCCCCNC(=O)Nc2nc(C)cc(=O)[nH]2)CCOC(=O)NCCCCCCNC(=O)Nc2nc(C)cc(=O)[nH]2)C1. The molecule has 0 aromatic carbocycles. The number of alkyl carbamates (subject to hydrolysis) is 2. The molecule has 3 heterocycles. The molecule has 0 aliphatic carbocycles. The molecule has 0 spiro atoms. The van der Waals surface area contributed by atoms with Crippen LogP contribution in [-0.2, 0) is 19.1 Å². The van der Waals surface area contributed by atoms with Crippen LogP contribution in [0.15, 0.2) is 38.4 Å². The van der Waals surface area contributed by atoms with Crippen LogP contribution >= 0.6 is 0 Å². The second-order valence-electron chi connectivity index (χ2n) is 17.3. The van der Waals surface area contributed by atoms with Gasteiger partial charge in [-0.15, -0.1) is 0 Å². The van der Waals surface area contributed by atoms with E-state index in [0.717, 1.165) is 56.9 Å². The molecule has 0 radical (unpaired) electrons. The van der Waals surface area contributed by atoms with Gasteiger partial charge in [-0.1, -0.05) is 44.1 Å². The lowest BCUT2D eigenvalue weighted by atomic mass is 10.1. The molecular weight excluding hydrogens is 951 g/mol. The average Bonchev–Trinajstić information content (AvgIpc) is 3.30. The fraction of sp³-hybridized carbons (Fsp3) is 0.617. The first-order valence-corrected chi connectivity index (χ1v) is 25.0. The highest BCUT2D eigenvalue weighted by molar-refractivity contribution is 6.09. The standard InChI is InChI=1S/C47H75N15O11/c1-33-29-36(56-38(64)30-33)57-43(67)49-19-11-5-4-10-18-48-37(63)17-16-24-62(25-27-72-46(70)52-22-14-8-6-12-20-50-44(68)60-41-54-34(2)31-39(65)58-41)26-28-73-47(71)53-23-15-9-7-13-21-51-45(69)61-42-55-35(3)32-40(66)59-42/h30-32H,4-29H2,1-3H3,(H,48,63)(H,52,70)(H,53,71)(H2,49,56,57,64,67)(H3,50,54,58,60,65,68)(H3,51,55,59,61,66,69). The highest BCUT2D eigenvalue weighted by Gasteiger charge is 2.14. The summed E-state index contributed by atoms with van der Waals surface area (Å²) in [5.74, 6) is 0.0849. The van der Waals surface area contributed by atoms with Gasteiger partial charge in [0, 0.05) is 94.8 Å². The number of ether oxygens (including phenoxy) is 2. The van der Waals surface area contributed by atoms with E-state index in [1.54, 1.807) is 20.8 Å². The number of H-pyrrole nitrogens is 2. The van der Waals surface area contributed by atoms with Crippen molar-refractivity contribution in [3.63, 3.8) is 0 Å². The van der Waals surface area contributed by atoms with Crippen molar-refractivity contribution in [1.29, 1.82) is 0 Å². The van der Waals surface area contributed by atoms with Crippen LogP contribution in [0.5, 0.6) is 0 Å². The number of anilines is 2. The Balaban J connectivity index is 1.27. The number of unbranched alkanes of at least 4 members (excludes halogenated alkanes) is 9. The molecule has 26 heteroatoms. The predicted octanol–water partition coefficient (Wildman–Crippen LogP) is 3.32. The van der Waals surface area contributed by atoms with E-state index < -0.39 is 30.3 Å². The van der Waals surface area contributed by atoms with Crippen LogP contribution in [0.1, 0.15) is 115 Å². The van der Waals surface area contributed by atoms with Gasteiger partial charge < -0.3 is 46.7 Å². The minimum atomic E-state index is -0.564. The van der Waals surface area contributed by atoms with Crippen LogP contribution in [0.4, 0.5) is 35.9 Å². The first kappa shape index (κ1) is 59.9. The number of hydrogen-bond donors (Lipinski definition) is 11. The van der Waals surface area contributed by atoms with Gasteiger partial charge in [-0.25, -0.2) is 33.9 Å². The molecule has 26 nitrogen and oxygen atoms in total. The zero-order valence-electron chi connectivity index (χ0n) is 42.4. The van der Waals surface area contributed by atoms with E-state index in [1.807, 2.05) is 4.90 Å². The van der Waals surface area contributed by atoms with Crippen molar-refractivity contribution >= 4 is 59.8 Å². The molecule has 73 heavy (non-hydrogen) atoms. The minimum absolute atomic E-state index is 0.0717. The summed E-state index contributed by atoms with van der Waals surface area (Å²) in [6.07, 6.45) is 10.9. The molecule has 2 aromatic rings. The van der Waals surface area contributed by atoms with Crippen LogP contribution < -0.4 is 59.0 Å². The Labute approximate surface area is 424 Å². The van der Waals surface area contributed by atoms with Crippen molar-refractivity contribution in [2.45, 2.75) is 117 Å². The number of aromatic amines is 2. The molecule has 1 aliphatic heterocycles. The lowest BCUT2D eigenvalue weighted by Crippen LogP contribution is -2.36. The van der Waals surface area contributed by atoms with E-state index in [4.69, 9.17) is 9.47 Å². The average molecular weight is 1030 g/mol. The Kier molecular flexibility index (Phi) is 29.3. The van der Waals surface area contributed by atoms with Crippen molar-refractivity contribution in [2.75, 3.05) is 82.8 Å². The normalized spacial score (nSPS) is 12.5. The van der Waals surface area contributed by atoms with E-state index in [9.17, 15) is 43.2 Å². The molecule has 3 rings (SSSR count). The second-order valence-corrected chi connectivity index (χ2v) is 17.3.